The molecule has 0 bridgehead atoms. The molecule has 0 unspecified atom stereocenters. The van der Waals surface area contributed by atoms with Gasteiger partial charge in [0.15, 0.2) is 0 Å². The molecule has 0 aliphatic heterocycles. The molecular weight excluding hydrogens is 278 g/mol. The molecule has 1 amide bonds. The molecule has 1 fully saturated rings. The van der Waals surface area contributed by atoms with E-state index in [-0.39, 0.29) is 5.91 Å². The predicted molar refractivity (Wildman–Crippen MR) is 73.8 cm³/mol. The van der Waals surface area contributed by atoms with Crippen molar-refractivity contribution in [1.82, 2.24) is 4.90 Å². The van der Waals surface area contributed by atoms with Crippen molar-refractivity contribution >= 4 is 21.8 Å². The van der Waals surface area contributed by atoms with Crippen LogP contribution in [0.3, 0.4) is 0 Å². The molecule has 0 atom stereocenters. The number of amides is 1. The third-order valence-electron chi connectivity index (χ3n) is 3.20. The van der Waals surface area contributed by atoms with Crippen molar-refractivity contribution in [2.24, 2.45) is 0 Å². The molecule has 0 heterocycles. The van der Waals surface area contributed by atoms with Crippen LogP contribution in [0.2, 0.25) is 0 Å². The Bertz CT molecular complexity index is 426. The Balaban J connectivity index is 2.24. The summed E-state index contributed by atoms with van der Waals surface area (Å²) in [7, 11) is 0. The molecule has 0 spiro atoms. The van der Waals surface area contributed by atoms with Crippen LogP contribution < -0.4 is 0 Å². The number of benzene rings is 1. The van der Waals surface area contributed by atoms with Crippen LogP contribution in [0.1, 0.15) is 34.3 Å². The van der Waals surface area contributed by atoms with Gasteiger partial charge in [0.25, 0.3) is 5.91 Å². The summed E-state index contributed by atoms with van der Waals surface area (Å²) in [6.07, 6.45) is 2.31. The highest BCUT2D eigenvalue weighted by Crippen LogP contribution is 2.29. The average Bonchev–Trinajstić information content (AvgIpc) is 3.12. The molecule has 3 heteroatoms. The van der Waals surface area contributed by atoms with E-state index in [4.69, 9.17) is 0 Å². The maximum atomic E-state index is 12.5. The van der Waals surface area contributed by atoms with Gasteiger partial charge in [-0.1, -0.05) is 33.6 Å². The molecule has 2 rings (SSSR count). The van der Waals surface area contributed by atoms with Crippen LogP contribution >= 0.6 is 15.9 Å². The summed E-state index contributed by atoms with van der Waals surface area (Å²) in [5.74, 6) is 0.188. The number of rotatable bonds is 4. The minimum Gasteiger partial charge on any atom is -0.335 e. The molecule has 92 valence electrons. The van der Waals surface area contributed by atoms with E-state index in [0.717, 1.165) is 41.4 Å². The van der Waals surface area contributed by atoms with Gasteiger partial charge >= 0.3 is 0 Å². The third-order valence-corrected chi connectivity index (χ3v) is 3.55. The van der Waals surface area contributed by atoms with Gasteiger partial charge < -0.3 is 4.90 Å². The molecule has 0 saturated heterocycles. The second-order valence-corrected chi connectivity index (χ2v) is 5.53. The quantitative estimate of drug-likeness (QED) is 0.781. The molecule has 1 aromatic carbocycles. The number of hydrogen-bond donors (Lipinski definition) is 0. The zero-order valence-electron chi connectivity index (χ0n) is 10.4. The minimum absolute atomic E-state index is 0.188. The van der Waals surface area contributed by atoms with Gasteiger partial charge in [-0.3, -0.25) is 4.79 Å². The largest absolute Gasteiger partial charge is 0.335 e. The predicted octanol–water partition coefficient (Wildman–Crippen LogP) is 3.30. The molecule has 0 aromatic heterocycles. The first kappa shape index (κ1) is 12.6. The highest BCUT2D eigenvalue weighted by Gasteiger charge is 2.32. The summed E-state index contributed by atoms with van der Waals surface area (Å²) in [5, 5.41) is 0.847. The van der Waals surface area contributed by atoms with Crippen LogP contribution in [0.15, 0.2) is 18.2 Å². The van der Waals surface area contributed by atoms with Crippen molar-refractivity contribution in [3.63, 3.8) is 0 Å². The number of nitrogens with zero attached hydrogens (tertiary/aromatic N) is 1. The minimum atomic E-state index is 0.188. The number of aryl methyl sites for hydroxylation is 2. The standard InChI is InChI=1S/C14H18BrNO/c1-10-3-4-11(2)13(9-10)14(17)16(8-7-15)12-5-6-12/h3-4,9,12H,5-8H2,1-2H3. The molecule has 0 radical (unpaired) electrons. The molecule has 17 heavy (non-hydrogen) atoms. The fraction of sp³-hybridized carbons (Fsp3) is 0.500. The first-order valence-electron chi connectivity index (χ1n) is 6.07. The lowest BCUT2D eigenvalue weighted by atomic mass is 10.0. The van der Waals surface area contributed by atoms with E-state index in [9.17, 15) is 4.79 Å². The van der Waals surface area contributed by atoms with Crippen LogP contribution in [0.25, 0.3) is 0 Å². The Labute approximate surface area is 111 Å². The van der Waals surface area contributed by atoms with Crippen LogP contribution in [0.5, 0.6) is 0 Å². The highest BCUT2D eigenvalue weighted by molar-refractivity contribution is 9.09. The number of hydrogen-bond acceptors (Lipinski definition) is 1. The highest BCUT2D eigenvalue weighted by atomic mass is 79.9. The zero-order chi connectivity index (χ0) is 12.4. The summed E-state index contributed by atoms with van der Waals surface area (Å²) in [5.41, 5.74) is 3.08. The van der Waals surface area contributed by atoms with Gasteiger partial charge in [-0.2, -0.15) is 0 Å². The summed E-state index contributed by atoms with van der Waals surface area (Å²) < 4.78 is 0. The number of carbonyl (C=O) groups excluding carboxylic acids is 1. The fourth-order valence-electron chi connectivity index (χ4n) is 2.05. The topological polar surface area (TPSA) is 20.3 Å². The molecule has 1 aromatic rings. The summed E-state index contributed by atoms with van der Waals surface area (Å²) in [6, 6.07) is 6.56. The van der Waals surface area contributed by atoms with E-state index in [0.29, 0.717) is 6.04 Å². The smallest absolute Gasteiger partial charge is 0.254 e. The van der Waals surface area contributed by atoms with Gasteiger partial charge in [0.05, 0.1) is 0 Å². The summed E-state index contributed by atoms with van der Waals surface area (Å²) in [6.45, 7) is 4.84. The Morgan fingerprint density at radius 3 is 2.71 bits per heavy atom. The lowest BCUT2D eigenvalue weighted by Crippen LogP contribution is -2.35. The van der Waals surface area contributed by atoms with E-state index < -0.39 is 0 Å². The maximum absolute atomic E-state index is 12.5. The lowest BCUT2D eigenvalue weighted by molar-refractivity contribution is 0.0754. The van der Waals surface area contributed by atoms with E-state index in [2.05, 4.69) is 22.0 Å². The second kappa shape index (κ2) is 5.21. The first-order chi connectivity index (χ1) is 8.13. The summed E-state index contributed by atoms with van der Waals surface area (Å²) in [4.78, 5) is 14.5. The van der Waals surface area contributed by atoms with Crippen LogP contribution in [0, 0.1) is 13.8 Å². The van der Waals surface area contributed by atoms with Crippen LogP contribution in [0.4, 0.5) is 0 Å². The SMILES string of the molecule is Cc1ccc(C)c(C(=O)N(CCBr)C2CC2)c1. The van der Waals surface area contributed by atoms with Gasteiger partial charge in [0, 0.05) is 23.5 Å². The van der Waals surface area contributed by atoms with Gasteiger partial charge in [0.1, 0.15) is 0 Å². The molecular formula is C14H18BrNO. The van der Waals surface area contributed by atoms with Crippen molar-refractivity contribution in [3.05, 3.63) is 34.9 Å². The number of halogens is 1. The van der Waals surface area contributed by atoms with E-state index in [1.807, 2.05) is 30.9 Å². The maximum Gasteiger partial charge on any atom is 0.254 e. The van der Waals surface area contributed by atoms with Gasteiger partial charge in [-0.15, -0.1) is 0 Å². The lowest BCUT2D eigenvalue weighted by Gasteiger charge is -2.22. The molecule has 2 nitrogen and oxygen atoms in total. The van der Waals surface area contributed by atoms with Gasteiger partial charge in [-0.05, 0) is 38.3 Å². The van der Waals surface area contributed by atoms with E-state index in [1.54, 1.807) is 0 Å². The van der Waals surface area contributed by atoms with Crippen molar-refractivity contribution < 1.29 is 4.79 Å². The monoisotopic (exact) mass is 295 g/mol. The molecule has 1 saturated carbocycles. The van der Waals surface area contributed by atoms with Gasteiger partial charge in [-0.25, -0.2) is 0 Å². The molecule has 1 aliphatic carbocycles. The Morgan fingerprint density at radius 1 is 1.41 bits per heavy atom. The molecule has 0 N–H and O–H groups in total. The van der Waals surface area contributed by atoms with E-state index in [1.165, 1.54) is 0 Å². The number of alkyl halides is 1. The van der Waals surface area contributed by atoms with Gasteiger partial charge in [0.2, 0.25) is 0 Å². The number of carbonyl (C=O) groups is 1. The second-order valence-electron chi connectivity index (χ2n) is 4.74. The third kappa shape index (κ3) is 2.89. The van der Waals surface area contributed by atoms with Crippen molar-refractivity contribution in [2.75, 3.05) is 11.9 Å². The van der Waals surface area contributed by atoms with Crippen LogP contribution in [-0.4, -0.2) is 28.7 Å². The Hall–Kier alpha value is -0.830. The normalized spacial score (nSPS) is 14.8. The first-order valence-corrected chi connectivity index (χ1v) is 7.20. The average molecular weight is 296 g/mol. The van der Waals surface area contributed by atoms with Crippen molar-refractivity contribution in [3.8, 4) is 0 Å². The van der Waals surface area contributed by atoms with Crippen molar-refractivity contribution in [1.29, 1.82) is 0 Å². The Kier molecular flexibility index (Phi) is 3.87. The van der Waals surface area contributed by atoms with Crippen molar-refractivity contribution in [2.45, 2.75) is 32.7 Å². The fourth-order valence-corrected chi connectivity index (χ4v) is 2.43. The molecule has 1 aliphatic rings. The van der Waals surface area contributed by atoms with E-state index >= 15 is 0 Å². The zero-order valence-corrected chi connectivity index (χ0v) is 12.0. The van der Waals surface area contributed by atoms with Crippen LogP contribution in [-0.2, 0) is 0 Å². The Morgan fingerprint density at radius 2 is 2.12 bits per heavy atom. The summed E-state index contributed by atoms with van der Waals surface area (Å²) >= 11 is 3.43.